The number of morpholine rings is 1. The van der Waals surface area contributed by atoms with Gasteiger partial charge in [0.2, 0.25) is 5.91 Å². The van der Waals surface area contributed by atoms with Crippen LogP contribution in [0.2, 0.25) is 0 Å². The van der Waals surface area contributed by atoms with Crippen molar-refractivity contribution in [2.75, 3.05) is 36.5 Å². The monoisotopic (exact) mass is 385 g/mol. The van der Waals surface area contributed by atoms with E-state index in [1.54, 1.807) is 18.3 Å². The maximum Gasteiger partial charge on any atom is 0.262 e. The number of rotatable bonds is 5. The van der Waals surface area contributed by atoms with Gasteiger partial charge in [0, 0.05) is 32.3 Å². The number of thiophene rings is 1. The van der Waals surface area contributed by atoms with Crippen molar-refractivity contribution in [2.24, 2.45) is 0 Å². The number of ether oxygens (including phenoxy) is 1. The number of carbonyl (C=O) groups is 1. The molecule has 0 spiro atoms. The van der Waals surface area contributed by atoms with Gasteiger partial charge < -0.3 is 15.0 Å². The summed E-state index contributed by atoms with van der Waals surface area (Å²) < 4.78 is 6.84. The van der Waals surface area contributed by atoms with Crippen molar-refractivity contribution in [1.82, 2.24) is 14.5 Å². The summed E-state index contributed by atoms with van der Waals surface area (Å²) in [5.74, 6) is 0.572. The number of amides is 1. The molecule has 0 atom stereocenters. The first-order chi connectivity index (χ1) is 13.2. The van der Waals surface area contributed by atoms with Gasteiger partial charge in [-0.25, -0.2) is 9.97 Å². The van der Waals surface area contributed by atoms with E-state index >= 15 is 0 Å². The SMILES string of the molecule is O=C(CCn1cnc2sccc2c1=O)Nc1cccnc1N1CCOCC1. The maximum atomic E-state index is 12.4. The smallest absolute Gasteiger partial charge is 0.262 e. The number of anilines is 2. The molecule has 0 aliphatic carbocycles. The number of fused-ring (bicyclic) bond motifs is 1. The second-order valence-electron chi connectivity index (χ2n) is 6.15. The molecular formula is C18H19N5O3S. The molecule has 1 N–H and O–H groups in total. The molecule has 1 saturated heterocycles. The Bertz CT molecular complexity index is 1010. The zero-order valence-corrected chi connectivity index (χ0v) is 15.4. The van der Waals surface area contributed by atoms with E-state index in [1.807, 2.05) is 11.4 Å². The Morgan fingerprint density at radius 3 is 2.96 bits per heavy atom. The van der Waals surface area contributed by atoms with Gasteiger partial charge in [-0.1, -0.05) is 0 Å². The summed E-state index contributed by atoms with van der Waals surface area (Å²) in [6, 6.07) is 5.38. The average molecular weight is 385 g/mol. The molecule has 1 amide bonds. The first-order valence-electron chi connectivity index (χ1n) is 8.72. The molecule has 3 aromatic rings. The highest BCUT2D eigenvalue weighted by molar-refractivity contribution is 7.16. The first kappa shape index (κ1) is 17.6. The number of aromatic nitrogens is 3. The summed E-state index contributed by atoms with van der Waals surface area (Å²) in [6.07, 6.45) is 3.38. The number of aryl methyl sites for hydroxylation is 1. The van der Waals surface area contributed by atoms with Crippen LogP contribution in [0, 0.1) is 0 Å². The molecule has 8 nitrogen and oxygen atoms in total. The summed E-state index contributed by atoms with van der Waals surface area (Å²) in [7, 11) is 0. The Hall–Kier alpha value is -2.78. The Morgan fingerprint density at radius 2 is 2.11 bits per heavy atom. The molecule has 1 aliphatic heterocycles. The Kier molecular flexibility index (Phi) is 5.12. The number of hydrogen-bond donors (Lipinski definition) is 1. The standard InChI is InChI=1S/C18H19N5O3S/c24-15(3-6-23-12-20-17-13(18(23)25)4-11-27-17)21-14-2-1-5-19-16(14)22-7-9-26-10-8-22/h1-2,4-5,11-12H,3,6-10H2,(H,21,24). The molecule has 1 fully saturated rings. The summed E-state index contributed by atoms with van der Waals surface area (Å²) >= 11 is 1.43. The van der Waals surface area contributed by atoms with Crippen LogP contribution in [0.15, 0.2) is 40.9 Å². The van der Waals surface area contributed by atoms with Gasteiger partial charge >= 0.3 is 0 Å². The lowest BCUT2D eigenvalue weighted by molar-refractivity contribution is -0.116. The minimum absolute atomic E-state index is 0.121. The van der Waals surface area contributed by atoms with E-state index in [-0.39, 0.29) is 24.4 Å². The maximum absolute atomic E-state index is 12.4. The third-order valence-electron chi connectivity index (χ3n) is 4.40. The topological polar surface area (TPSA) is 89.3 Å². The lowest BCUT2D eigenvalue weighted by Crippen LogP contribution is -2.37. The van der Waals surface area contributed by atoms with Crippen molar-refractivity contribution in [3.05, 3.63) is 46.5 Å². The molecule has 0 bridgehead atoms. The summed E-state index contributed by atoms with van der Waals surface area (Å²) in [4.78, 5) is 36.3. The molecule has 27 heavy (non-hydrogen) atoms. The molecule has 0 saturated carbocycles. The molecule has 0 aromatic carbocycles. The Labute approximate surface area is 159 Å². The highest BCUT2D eigenvalue weighted by Gasteiger charge is 2.17. The number of nitrogens with one attached hydrogen (secondary N) is 1. The number of hydrogen-bond acceptors (Lipinski definition) is 7. The van der Waals surface area contributed by atoms with Crippen LogP contribution in [0.1, 0.15) is 6.42 Å². The molecule has 3 aromatic heterocycles. The number of carbonyl (C=O) groups excluding carboxylic acids is 1. The van der Waals surface area contributed by atoms with Crippen LogP contribution in [-0.4, -0.2) is 46.7 Å². The molecule has 4 heterocycles. The second-order valence-corrected chi connectivity index (χ2v) is 7.05. The molecule has 1 aliphatic rings. The van der Waals surface area contributed by atoms with Crippen LogP contribution in [-0.2, 0) is 16.1 Å². The quantitative estimate of drug-likeness (QED) is 0.719. The minimum atomic E-state index is -0.171. The third kappa shape index (κ3) is 3.83. The summed E-state index contributed by atoms with van der Waals surface area (Å²) in [5.41, 5.74) is 0.549. The summed E-state index contributed by atoms with van der Waals surface area (Å²) in [5, 5.41) is 5.34. The van der Waals surface area contributed by atoms with Gasteiger partial charge in [-0.15, -0.1) is 11.3 Å². The van der Waals surface area contributed by atoms with Gasteiger partial charge in [0.15, 0.2) is 5.82 Å². The Balaban J connectivity index is 1.43. The van der Waals surface area contributed by atoms with Gasteiger partial charge in [0.1, 0.15) is 4.83 Å². The van der Waals surface area contributed by atoms with Gasteiger partial charge in [0.25, 0.3) is 5.56 Å². The molecule has 9 heteroatoms. The van der Waals surface area contributed by atoms with Gasteiger partial charge in [0.05, 0.1) is 30.6 Å². The predicted molar refractivity (Wildman–Crippen MR) is 104 cm³/mol. The molecule has 4 rings (SSSR count). The van der Waals surface area contributed by atoms with Crippen LogP contribution in [0.4, 0.5) is 11.5 Å². The lowest BCUT2D eigenvalue weighted by Gasteiger charge is -2.29. The van der Waals surface area contributed by atoms with E-state index in [4.69, 9.17) is 4.74 Å². The van der Waals surface area contributed by atoms with Crippen molar-refractivity contribution in [1.29, 1.82) is 0 Å². The largest absolute Gasteiger partial charge is 0.378 e. The summed E-state index contributed by atoms with van der Waals surface area (Å²) in [6.45, 7) is 3.04. The zero-order valence-electron chi connectivity index (χ0n) is 14.6. The third-order valence-corrected chi connectivity index (χ3v) is 5.22. The van der Waals surface area contributed by atoms with Crippen molar-refractivity contribution in [3.63, 3.8) is 0 Å². The number of nitrogens with zero attached hydrogens (tertiary/aromatic N) is 4. The van der Waals surface area contributed by atoms with Crippen LogP contribution >= 0.6 is 11.3 Å². The fourth-order valence-corrected chi connectivity index (χ4v) is 3.73. The average Bonchev–Trinajstić information content (AvgIpc) is 3.18. The van der Waals surface area contributed by atoms with Crippen LogP contribution in [0.25, 0.3) is 10.2 Å². The second kappa shape index (κ2) is 7.85. The van der Waals surface area contributed by atoms with Crippen molar-refractivity contribution >= 4 is 39.0 Å². The molecule has 0 radical (unpaired) electrons. The van der Waals surface area contributed by atoms with E-state index in [0.29, 0.717) is 29.1 Å². The predicted octanol–water partition coefficient (Wildman–Crippen LogP) is 1.72. The normalized spacial score (nSPS) is 14.4. The minimum Gasteiger partial charge on any atom is -0.378 e. The van der Waals surface area contributed by atoms with E-state index < -0.39 is 0 Å². The fourth-order valence-electron chi connectivity index (χ4n) is 3.01. The van der Waals surface area contributed by atoms with Crippen LogP contribution in [0.5, 0.6) is 0 Å². The van der Waals surface area contributed by atoms with Crippen molar-refractivity contribution in [2.45, 2.75) is 13.0 Å². The van der Waals surface area contributed by atoms with Crippen molar-refractivity contribution < 1.29 is 9.53 Å². The molecule has 0 unspecified atom stereocenters. The van der Waals surface area contributed by atoms with Crippen LogP contribution < -0.4 is 15.8 Å². The Morgan fingerprint density at radius 1 is 1.26 bits per heavy atom. The number of pyridine rings is 1. The lowest BCUT2D eigenvalue weighted by atomic mass is 10.3. The van der Waals surface area contributed by atoms with E-state index in [9.17, 15) is 9.59 Å². The van der Waals surface area contributed by atoms with Crippen LogP contribution in [0.3, 0.4) is 0 Å². The van der Waals surface area contributed by atoms with E-state index in [1.165, 1.54) is 22.2 Å². The first-order valence-corrected chi connectivity index (χ1v) is 9.60. The fraction of sp³-hybridized carbons (Fsp3) is 0.333. The van der Waals surface area contributed by atoms with Gasteiger partial charge in [-0.3, -0.25) is 14.2 Å². The highest BCUT2D eigenvalue weighted by Crippen LogP contribution is 2.23. The van der Waals surface area contributed by atoms with E-state index in [2.05, 4.69) is 20.2 Å². The van der Waals surface area contributed by atoms with Crippen molar-refractivity contribution in [3.8, 4) is 0 Å². The van der Waals surface area contributed by atoms with Gasteiger partial charge in [-0.05, 0) is 23.6 Å². The molecule has 140 valence electrons. The zero-order chi connectivity index (χ0) is 18.6. The van der Waals surface area contributed by atoms with E-state index in [0.717, 1.165) is 18.9 Å². The molecular weight excluding hydrogens is 366 g/mol. The van der Waals surface area contributed by atoms with Gasteiger partial charge in [-0.2, -0.15) is 0 Å². The highest BCUT2D eigenvalue weighted by atomic mass is 32.1.